The molecule has 1 fully saturated rings. The van der Waals surface area contributed by atoms with Crippen LogP contribution < -0.4 is 9.47 Å². The number of rotatable bonds is 5. The highest BCUT2D eigenvalue weighted by atomic mass is 16.5. The molecule has 1 saturated heterocycles. The fourth-order valence-corrected chi connectivity index (χ4v) is 2.58. The van der Waals surface area contributed by atoms with Gasteiger partial charge in [0.05, 0.1) is 7.11 Å². The van der Waals surface area contributed by atoms with E-state index >= 15 is 0 Å². The van der Waals surface area contributed by atoms with E-state index in [1.807, 2.05) is 24.3 Å². The zero-order chi connectivity index (χ0) is 13.7. The number of benzene rings is 1. The van der Waals surface area contributed by atoms with Crippen LogP contribution in [0, 0.1) is 11.8 Å². The maximum atomic E-state index is 5.83. The fraction of sp³-hybridized carbons (Fsp3) is 0.625. The number of hydrogen-bond acceptors (Lipinski definition) is 3. The van der Waals surface area contributed by atoms with Gasteiger partial charge in [0.1, 0.15) is 6.61 Å². The van der Waals surface area contributed by atoms with Gasteiger partial charge in [-0.25, -0.2) is 0 Å². The number of ether oxygens (including phenoxy) is 2. The third kappa shape index (κ3) is 3.87. The molecule has 1 aliphatic rings. The zero-order valence-corrected chi connectivity index (χ0v) is 12.3. The summed E-state index contributed by atoms with van der Waals surface area (Å²) in [7, 11) is 1.68. The Morgan fingerprint density at radius 2 is 1.89 bits per heavy atom. The van der Waals surface area contributed by atoms with Crippen molar-refractivity contribution in [2.24, 2.45) is 11.8 Å². The summed E-state index contributed by atoms with van der Waals surface area (Å²) in [5, 5.41) is 0. The quantitative estimate of drug-likeness (QED) is 0.815. The average Bonchev–Trinajstić information content (AvgIpc) is 2.43. The molecule has 0 saturated carbocycles. The van der Waals surface area contributed by atoms with Gasteiger partial charge in [0.25, 0.3) is 0 Å². The number of likely N-dealkylation sites (tertiary alicyclic amines) is 1. The van der Waals surface area contributed by atoms with Crippen LogP contribution in [0.4, 0.5) is 0 Å². The van der Waals surface area contributed by atoms with E-state index in [1.165, 1.54) is 19.5 Å². The van der Waals surface area contributed by atoms with Gasteiger partial charge in [-0.15, -0.1) is 0 Å². The van der Waals surface area contributed by atoms with Crippen LogP contribution in [0.1, 0.15) is 20.3 Å². The maximum absolute atomic E-state index is 5.83. The van der Waals surface area contributed by atoms with E-state index in [2.05, 4.69) is 18.7 Å². The van der Waals surface area contributed by atoms with Crippen molar-refractivity contribution in [3.05, 3.63) is 24.3 Å². The molecule has 0 aliphatic carbocycles. The Balaban J connectivity index is 1.77. The molecule has 0 unspecified atom stereocenters. The van der Waals surface area contributed by atoms with Crippen molar-refractivity contribution in [1.82, 2.24) is 4.90 Å². The molecule has 1 aromatic carbocycles. The molecule has 0 N–H and O–H groups in total. The number of methoxy groups -OCH3 is 1. The Bertz CT molecular complexity index is 394. The Morgan fingerprint density at radius 1 is 1.16 bits per heavy atom. The lowest BCUT2D eigenvalue weighted by atomic mass is 9.89. The average molecular weight is 263 g/mol. The van der Waals surface area contributed by atoms with Gasteiger partial charge < -0.3 is 9.47 Å². The summed E-state index contributed by atoms with van der Waals surface area (Å²) in [5.74, 6) is 3.29. The van der Waals surface area contributed by atoms with Crippen molar-refractivity contribution >= 4 is 0 Å². The highest BCUT2D eigenvalue weighted by Crippen LogP contribution is 2.26. The Hall–Kier alpha value is -1.22. The van der Waals surface area contributed by atoms with E-state index in [0.29, 0.717) is 0 Å². The van der Waals surface area contributed by atoms with Gasteiger partial charge in [0, 0.05) is 13.1 Å². The summed E-state index contributed by atoms with van der Waals surface area (Å²) < 4.78 is 11.1. The molecule has 106 valence electrons. The predicted octanol–water partition coefficient (Wildman–Crippen LogP) is 3.05. The zero-order valence-electron chi connectivity index (χ0n) is 12.3. The van der Waals surface area contributed by atoms with E-state index in [0.717, 1.165) is 36.5 Å². The summed E-state index contributed by atoms with van der Waals surface area (Å²) in [4.78, 5) is 2.50. The first kappa shape index (κ1) is 14.2. The van der Waals surface area contributed by atoms with Crippen molar-refractivity contribution in [2.45, 2.75) is 20.3 Å². The summed E-state index contributed by atoms with van der Waals surface area (Å²) >= 11 is 0. The van der Waals surface area contributed by atoms with Crippen molar-refractivity contribution in [1.29, 1.82) is 0 Å². The summed E-state index contributed by atoms with van der Waals surface area (Å²) in [6, 6.07) is 7.82. The van der Waals surface area contributed by atoms with Gasteiger partial charge in [0.2, 0.25) is 0 Å². The lowest BCUT2D eigenvalue weighted by Gasteiger charge is -2.35. The highest BCUT2D eigenvalue weighted by molar-refractivity contribution is 5.39. The first-order valence-electron chi connectivity index (χ1n) is 7.19. The fourth-order valence-electron chi connectivity index (χ4n) is 2.58. The summed E-state index contributed by atoms with van der Waals surface area (Å²) in [6.07, 6.45) is 1.30. The molecule has 3 heteroatoms. The second-order valence-corrected chi connectivity index (χ2v) is 5.54. The molecule has 0 radical (unpaired) electrons. The van der Waals surface area contributed by atoms with Gasteiger partial charge >= 0.3 is 0 Å². The van der Waals surface area contributed by atoms with Crippen LogP contribution in [-0.2, 0) is 0 Å². The molecule has 0 aromatic heterocycles. The number of piperidine rings is 1. The first-order chi connectivity index (χ1) is 9.20. The molecule has 0 spiro atoms. The van der Waals surface area contributed by atoms with Crippen LogP contribution >= 0.6 is 0 Å². The largest absolute Gasteiger partial charge is 0.493 e. The molecule has 1 aliphatic heterocycles. The van der Waals surface area contributed by atoms with Gasteiger partial charge in [-0.05, 0) is 36.9 Å². The second kappa shape index (κ2) is 6.80. The maximum Gasteiger partial charge on any atom is 0.161 e. The monoisotopic (exact) mass is 263 g/mol. The minimum atomic E-state index is 0.724. The first-order valence-corrected chi connectivity index (χ1v) is 7.19. The van der Waals surface area contributed by atoms with Crippen LogP contribution in [0.25, 0.3) is 0 Å². The molecular weight excluding hydrogens is 238 g/mol. The highest BCUT2D eigenvalue weighted by Gasteiger charge is 2.22. The lowest BCUT2D eigenvalue weighted by molar-refractivity contribution is 0.119. The Labute approximate surface area is 116 Å². The van der Waals surface area contributed by atoms with Crippen LogP contribution in [0.15, 0.2) is 24.3 Å². The standard InChI is InChI=1S/C16H25NO2/c1-13-8-9-17(12-14(13)2)10-11-19-16-7-5-4-6-15(16)18-3/h4-7,13-14H,8-12H2,1-3H3/t13-,14+/m0/s1. The number of nitrogens with zero attached hydrogens (tertiary/aromatic N) is 1. The summed E-state index contributed by atoms with van der Waals surface area (Å²) in [6.45, 7) is 8.80. The van der Waals surface area contributed by atoms with E-state index in [1.54, 1.807) is 7.11 Å². The molecule has 2 atom stereocenters. The van der Waals surface area contributed by atoms with Crippen molar-refractivity contribution in [3.63, 3.8) is 0 Å². The molecule has 0 bridgehead atoms. The van der Waals surface area contributed by atoms with Crippen LogP contribution in [-0.4, -0.2) is 38.3 Å². The number of hydrogen-bond donors (Lipinski definition) is 0. The van der Waals surface area contributed by atoms with E-state index in [4.69, 9.17) is 9.47 Å². The van der Waals surface area contributed by atoms with Crippen LogP contribution in [0.3, 0.4) is 0 Å². The third-order valence-electron chi connectivity index (χ3n) is 4.15. The molecule has 19 heavy (non-hydrogen) atoms. The molecule has 2 rings (SSSR count). The Morgan fingerprint density at radius 3 is 2.58 bits per heavy atom. The molecule has 3 nitrogen and oxygen atoms in total. The van der Waals surface area contributed by atoms with Crippen molar-refractivity contribution in [3.8, 4) is 11.5 Å². The van der Waals surface area contributed by atoms with E-state index in [9.17, 15) is 0 Å². The van der Waals surface area contributed by atoms with Crippen LogP contribution in [0.2, 0.25) is 0 Å². The third-order valence-corrected chi connectivity index (χ3v) is 4.15. The molecular formula is C16H25NO2. The second-order valence-electron chi connectivity index (χ2n) is 5.54. The van der Waals surface area contributed by atoms with Crippen molar-refractivity contribution in [2.75, 3.05) is 33.4 Å². The molecule has 1 heterocycles. The van der Waals surface area contributed by atoms with Crippen LogP contribution in [0.5, 0.6) is 11.5 Å². The van der Waals surface area contributed by atoms with Crippen molar-refractivity contribution < 1.29 is 9.47 Å². The topological polar surface area (TPSA) is 21.7 Å². The normalized spacial score (nSPS) is 24.2. The van der Waals surface area contributed by atoms with E-state index in [-0.39, 0.29) is 0 Å². The van der Waals surface area contributed by atoms with Gasteiger partial charge in [-0.1, -0.05) is 26.0 Å². The molecule has 1 aromatic rings. The lowest BCUT2D eigenvalue weighted by Crippen LogP contribution is -2.40. The molecule has 0 amide bonds. The summed E-state index contributed by atoms with van der Waals surface area (Å²) in [5.41, 5.74) is 0. The number of para-hydroxylation sites is 2. The predicted molar refractivity (Wildman–Crippen MR) is 77.9 cm³/mol. The Kier molecular flexibility index (Phi) is 5.08. The van der Waals surface area contributed by atoms with E-state index < -0.39 is 0 Å². The smallest absolute Gasteiger partial charge is 0.161 e. The van der Waals surface area contributed by atoms with Gasteiger partial charge in [-0.2, -0.15) is 0 Å². The van der Waals surface area contributed by atoms with Gasteiger partial charge in [0.15, 0.2) is 11.5 Å². The minimum absolute atomic E-state index is 0.724. The van der Waals surface area contributed by atoms with Gasteiger partial charge in [-0.3, -0.25) is 4.90 Å². The SMILES string of the molecule is COc1ccccc1OCCN1CC[C@H](C)[C@H](C)C1. The minimum Gasteiger partial charge on any atom is -0.493 e.